The second-order valence-corrected chi connectivity index (χ2v) is 5.65. The maximum absolute atomic E-state index is 12.1. The number of halogens is 2. The highest BCUT2D eigenvalue weighted by Gasteiger charge is 2.12. The molecule has 102 valence electrons. The summed E-state index contributed by atoms with van der Waals surface area (Å²) in [7, 11) is 0. The molecule has 2 aromatic carbocycles. The van der Waals surface area contributed by atoms with Gasteiger partial charge in [-0.1, -0.05) is 12.1 Å². The van der Waals surface area contributed by atoms with Crippen molar-refractivity contribution < 1.29 is 14.7 Å². The summed E-state index contributed by atoms with van der Waals surface area (Å²) in [6, 6.07) is 11.3. The van der Waals surface area contributed by atoms with Crippen molar-refractivity contribution in [1.82, 2.24) is 0 Å². The van der Waals surface area contributed by atoms with Gasteiger partial charge in [0.05, 0.1) is 11.3 Å². The molecular weight excluding hydrogens is 390 g/mol. The number of para-hydroxylation sites is 1. The van der Waals surface area contributed by atoms with Crippen molar-refractivity contribution in [1.29, 1.82) is 0 Å². The zero-order chi connectivity index (χ0) is 14.7. The highest BCUT2D eigenvalue weighted by Crippen LogP contribution is 2.30. The van der Waals surface area contributed by atoms with Gasteiger partial charge in [-0.25, -0.2) is 4.79 Å². The molecule has 0 aromatic heterocycles. The van der Waals surface area contributed by atoms with E-state index in [1.807, 2.05) is 6.07 Å². The van der Waals surface area contributed by atoms with E-state index in [9.17, 15) is 9.59 Å². The third-order valence-corrected chi connectivity index (χ3v) is 3.89. The minimum absolute atomic E-state index is 0.0730. The van der Waals surface area contributed by atoms with Gasteiger partial charge >= 0.3 is 5.97 Å². The highest BCUT2D eigenvalue weighted by molar-refractivity contribution is 9.11. The van der Waals surface area contributed by atoms with Gasteiger partial charge < -0.3 is 10.4 Å². The lowest BCUT2D eigenvalue weighted by Gasteiger charge is -2.09. The van der Waals surface area contributed by atoms with Crippen molar-refractivity contribution in [3.8, 4) is 0 Å². The Balaban J connectivity index is 2.29. The van der Waals surface area contributed by atoms with Crippen LogP contribution in [0.3, 0.4) is 0 Å². The van der Waals surface area contributed by atoms with Gasteiger partial charge in [-0.05, 0) is 62.2 Å². The number of carboxylic acid groups (broad SMARTS) is 1. The molecule has 2 rings (SSSR count). The van der Waals surface area contributed by atoms with Gasteiger partial charge in [0.1, 0.15) is 0 Å². The van der Waals surface area contributed by atoms with E-state index in [1.54, 1.807) is 18.2 Å². The summed E-state index contributed by atoms with van der Waals surface area (Å²) >= 11 is 6.69. The summed E-state index contributed by atoms with van der Waals surface area (Å²) < 4.78 is 1.46. The fourth-order valence-corrected chi connectivity index (χ4v) is 2.79. The molecule has 6 heteroatoms. The van der Waals surface area contributed by atoms with Gasteiger partial charge in [0.2, 0.25) is 0 Å². The first-order valence-corrected chi connectivity index (χ1v) is 7.16. The average Bonchev–Trinajstić information content (AvgIpc) is 2.43. The summed E-state index contributed by atoms with van der Waals surface area (Å²) in [4.78, 5) is 23.0. The molecule has 1 amide bonds. The molecule has 0 aliphatic heterocycles. The Morgan fingerprint density at radius 2 is 1.50 bits per heavy atom. The van der Waals surface area contributed by atoms with E-state index in [0.29, 0.717) is 5.69 Å². The van der Waals surface area contributed by atoms with Crippen molar-refractivity contribution in [2.75, 3.05) is 5.32 Å². The molecule has 2 N–H and O–H groups in total. The predicted octanol–water partition coefficient (Wildman–Crippen LogP) is 4.16. The predicted molar refractivity (Wildman–Crippen MR) is 83.2 cm³/mol. The third-order valence-electron chi connectivity index (χ3n) is 2.57. The third kappa shape index (κ3) is 3.26. The van der Waals surface area contributed by atoms with Crippen LogP contribution < -0.4 is 5.32 Å². The van der Waals surface area contributed by atoms with Gasteiger partial charge in [0.15, 0.2) is 0 Å². The SMILES string of the molecule is O=C(O)c1cccc(C(=O)Nc2c(Br)cccc2Br)c1. The minimum atomic E-state index is -1.07. The van der Waals surface area contributed by atoms with Gasteiger partial charge in [-0.2, -0.15) is 0 Å². The Kier molecular flexibility index (Phi) is 4.57. The lowest BCUT2D eigenvalue weighted by molar-refractivity contribution is 0.0697. The van der Waals surface area contributed by atoms with E-state index in [0.717, 1.165) is 8.95 Å². The molecule has 0 aliphatic rings. The van der Waals surface area contributed by atoms with Gasteiger partial charge in [0, 0.05) is 14.5 Å². The van der Waals surface area contributed by atoms with Crippen LogP contribution in [0, 0.1) is 0 Å². The maximum Gasteiger partial charge on any atom is 0.335 e. The first-order valence-electron chi connectivity index (χ1n) is 5.58. The molecule has 20 heavy (non-hydrogen) atoms. The normalized spacial score (nSPS) is 10.1. The van der Waals surface area contributed by atoms with E-state index < -0.39 is 5.97 Å². The van der Waals surface area contributed by atoms with Gasteiger partial charge in [-0.15, -0.1) is 0 Å². The maximum atomic E-state index is 12.1. The smallest absolute Gasteiger partial charge is 0.335 e. The molecule has 0 unspecified atom stereocenters. The Morgan fingerprint density at radius 3 is 2.10 bits per heavy atom. The number of carbonyl (C=O) groups is 2. The number of hydrogen-bond acceptors (Lipinski definition) is 2. The van der Waals surface area contributed by atoms with E-state index in [2.05, 4.69) is 37.2 Å². The molecule has 4 nitrogen and oxygen atoms in total. The summed E-state index contributed by atoms with van der Waals surface area (Å²) in [6.45, 7) is 0. The molecular formula is C14H9Br2NO3. The fourth-order valence-electron chi connectivity index (χ4n) is 1.60. The first kappa shape index (κ1) is 14.7. The van der Waals surface area contributed by atoms with Crippen LogP contribution in [-0.2, 0) is 0 Å². The Hall–Kier alpha value is -1.66. The van der Waals surface area contributed by atoms with Crippen LogP contribution >= 0.6 is 31.9 Å². The molecule has 0 bridgehead atoms. The number of carbonyl (C=O) groups excluding carboxylic acids is 1. The molecule has 0 atom stereocenters. The van der Waals surface area contributed by atoms with Crippen LogP contribution in [0.2, 0.25) is 0 Å². The summed E-state index contributed by atoms with van der Waals surface area (Å²) in [5.74, 6) is -1.44. The molecule has 0 fully saturated rings. The standard InChI is InChI=1S/C14H9Br2NO3/c15-10-5-2-6-11(16)12(10)17-13(18)8-3-1-4-9(7-8)14(19)20/h1-7H,(H,17,18)(H,19,20). The van der Waals surface area contributed by atoms with Crippen molar-refractivity contribution in [2.45, 2.75) is 0 Å². The topological polar surface area (TPSA) is 66.4 Å². The average molecular weight is 399 g/mol. The van der Waals surface area contributed by atoms with Crippen LogP contribution in [0.4, 0.5) is 5.69 Å². The highest BCUT2D eigenvalue weighted by atomic mass is 79.9. The van der Waals surface area contributed by atoms with Crippen LogP contribution in [0.1, 0.15) is 20.7 Å². The zero-order valence-corrected chi connectivity index (χ0v) is 13.2. The van der Waals surface area contributed by atoms with Crippen molar-refractivity contribution in [3.05, 3.63) is 62.5 Å². The number of amides is 1. The number of nitrogens with one attached hydrogen (secondary N) is 1. The van der Waals surface area contributed by atoms with Crippen molar-refractivity contribution in [2.24, 2.45) is 0 Å². The van der Waals surface area contributed by atoms with E-state index >= 15 is 0 Å². The Bertz CT molecular complexity index is 666. The molecule has 2 aromatic rings. The molecule has 0 aliphatic carbocycles. The summed E-state index contributed by atoms with van der Waals surface area (Å²) in [6.07, 6.45) is 0. The molecule has 0 saturated heterocycles. The second kappa shape index (κ2) is 6.19. The number of benzene rings is 2. The summed E-state index contributed by atoms with van der Waals surface area (Å²) in [5.41, 5.74) is 0.953. The minimum Gasteiger partial charge on any atom is -0.478 e. The van der Waals surface area contributed by atoms with E-state index in [1.165, 1.54) is 18.2 Å². The second-order valence-electron chi connectivity index (χ2n) is 3.94. The van der Waals surface area contributed by atoms with Crippen LogP contribution in [0.25, 0.3) is 0 Å². The number of aromatic carboxylic acids is 1. The molecule has 0 heterocycles. The molecule has 0 saturated carbocycles. The van der Waals surface area contributed by atoms with Gasteiger partial charge in [-0.3, -0.25) is 4.79 Å². The summed E-state index contributed by atoms with van der Waals surface area (Å²) in [5, 5.41) is 11.7. The number of rotatable bonds is 3. The Morgan fingerprint density at radius 1 is 0.950 bits per heavy atom. The fraction of sp³-hybridized carbons (Fsp3) is 0. The first-order chi connectivity index (χ1) is 9.49. The van der Waals surface area contributed by atoms with Crippen molar-refractivity contribution >= 4 is 49.4 Å². The molecule has 0 spiro atoms. The number of hydrogen-bond donors (Lipinski definition) is 2. The van der Waals surface area contributed by atoms with E-state index in [-0.39, 0.29) is 17.0 Å². The quantitative estimate of drug-likeness (QED) is 0.815. The monoisotopic (exact) mass is 397 g/mol. The van der Waals surface area contributed by atoms with E-state index in [4.69, 9.17) is 5.11 Å². The molecule has 0 radical (unpaired) electrons. The van der Waals surface area contributed by atoms with Crippen LogP contribution in [0.15, 0.2) is 51.4 Å². The van der Waals surface area contributed by atoms with Crippen molar-refractivity contribution in [3.63, 3.8) is 0 Å². The largest absolute Gasteiger partial charge is 0.478 e. The number of anilines is 1. The lowest BCUT2D eigenvalue weighted by atomic mass is 10.1. The Labute approximate surface area is 132 Å². The van der Waals surface area contributed by atoms with Crippen LogP contribution in [-0.4, -0.2) is 17.0 Å². The zero-order valence-electron chi connectivity index (χ0n) is 10.1. The lowest BCUT2D eigenvalue weighted by Crippen LogP contribution is -2.13. The van der Waals surface area contributed by atoms with Gasteiger partial charge in [0.25, 0.3) is 5.91 Å². The number of carboxylic acids is 1. The van der Waals surface area contributed by atoms with Crippen LogP contribution in [0.5, 0.6) is 0 Å².